The Balaban J connectivity index is 2.46. The van der Waals surface area contributed by atoms with Crippen LogP contribution in [-0.2, 0) is 0 Å². The van der Waals surface area contributed by atoms with Crippen LogP contribution in [0.15, 0.2) is 36.4 Å². The van der Waals surface area contributed by atoms with Crippen LogP contribution in [0.5, 0.6) is 0 Å². The van der Waals surface area contributed by atoms with Gasteiger partial charge in [0.2, 0.25) is 0 Å². The third-order valence-electron chi connectivity index (χ3n) is 3.43. The maximum atomic E-state index is 13.5. The quantitative estimate of drug-likeness (QED) is 0.655. The van der Waals surface area contributed by atoms with Crippen molar-refractivity contribution in [3.63, 3.8) is 0 Å². The van der Waals surface area contributed by atoms with Crippen molar-refractivity contribution in [2.45, 2.75) is 26.8 Å². The van der Waals surface area contributed by atoms with Gasteiger partial charge < -0.3 is 0 Å². The highest BCUT2D eigenvalue weighted by atomic mass is 19.1. The first-order valence-corrected chi connectivity index (χ1v) is 6.31. The number of hydrogen-bond acceptors (Lipinski definition) is 2. The average molecular weight is 258 g/mol. The average Bonchev–Trinajstić information content (AvgIpc) is 2.33. The molecule has 0 saturated heterocycles. The molecule has 0 aliphatic rings. The first-order chi connectivity index (χ1) is 9.01. The van der Waals surface area contributed by atoms with Gasteiger partial charge in [-0.3, -0.25) is 5.84 Å². The molecule has 0 amide bonds. The lowest BCUT2D eigenvalue weighted by Gasteiger charge is -2.18. The van der Waals surface area contributed by atoms with Gasteiger partial charge in [-0.15, -0.1) is 0 Å². The van der Waals surface area contributed by atoms with E-state index in [1.54, 1.807) is 0 Å². The van der Waals surface area contributed by atoms with Gasteiger partial charge in [0.15, 0.2) is 0 Å². The van der Waals surface area contributed by atoms with Crippen LogP contribution in [0.3, 0.4) is 0 Å². The van der Waals surface area contributed by atoms with E-state index in [0.29, 0.717) is 0 Å². The van der Waals surface area contributed by atoms with Gasteiger partial charge >= 0.3 is 0 Å². The van der Waals surface area contributed by atoms with E-state index in [9.17, 15) is 4.39 Å². The zero-order valence-corrected chi connectivity index (χ0v) is 11.5. The molecule has 0 bridgehead atoms. The third-order valence-corrected chi connectivity index (χ3v) is 3.43. The van der Waals surface area contributed by atoms with Crippen LogP contribution in [0.2, 0.25) is 0 Å². The van der Waals surface area contributed by atoms with E-state index in [1.165, 1.54) is 23.3 Å². The number of halogens is 1. The fourth-order valence-electron chi connectivity index (χ4n) is 2.26. The van der Waals surface area contributed by atoms with E-state index in [4.69, 9.17) is 5.84 Å². The molecule has 0 aliphatic carbocycles. The lowest BCUT2D eigenvalue weighted by molar-refractivity contribution is 0.603. The Bertz CT molecular complexity index is 573. The molecule has 0 radical (unpaired) electrons. The van der Waals surface area contributed by atoms with Gasteiger partial charge in [0.05, 0.1) is 6.04 Å². The van der Waals surface area contributed by atoms with Gasteiger partial charge in [-0.05, 0) is 60.7 Å². The number of aryl methyl sites for hydroxylation is 3. The zero-order chi connectivity index (χ0) is 14.0. The Hall–Kier alpha value is -1.71. The fraction of sp³-hybridized carbons (Fsp3) is 0.250. The second kappa shape index (κ2) is 5.51. The van der Waals surface area contributed by atoms with Crippen LogP contribution < -0.4 is 11.3 Å². The molecule has 3 N–H and O–H groups in total. The van der Waals surface area contributed by atoms with Crippen molar-refractivity contribution < 1.29 is 4.39 Å². The van der Waals surface area contributed by atoms with Gasteiger partial charge in [-0.1, -0.05) is 24.3 Å². The maximum absolute atomic E-state index is 13.5. The summed E-state index contributed by atoms with van der Waals surface area (Å²) < 4.78 is 13.5. The fourth-order valence-corrected chi connectivity index (χ4v) is 2.26. The number of benzene rings is 2. The molecule has 0 aliphatic heterocycles. The summed E-state index contributed by atoms with van der Waals surface area (Å²) in [6.45, 7) is 6.00. The van der Waals surface area contributed by atoms with Gasteiger partial charge in [0.25, 0.3) is 0 Å². The predicted octanol–water partition coefficient (Wildman–Crippen LogP) is 3.30. The van der Waals surface area contributed by atoms with Crippen LogP contribution in [0.4, 0.5) is 4.39 Å². The molecule has 2 nitrogen and oxygen atoms in total. The number of nitrogens with two attached hydrogens (primary N) is 1. The number of rotatable bonds is 3. The van der Waals surface area contributed by atoms with Gasteiger partial charge in [0.1, 0.15) is 5.82 Å². The minimum atomic E-state index is -0.237. The summed E-state index contributed by atoms with van der Waals surface area (Å²) >= 11 is 0. The third kappa shape index (κ3) is 3.00. The van der Waals surface area contributed by atoms with Crippen LogP contribution >= 0.6 is 0 Å². The number of hydrogen-bond donors (Lipinski definition) is 2. The summed E-state index contributed by atoms with van der Waals surface area (Å²) in [5.41, 5.74) is 7.96. The van der Waals surface area contributed by atoms with E-state index in [-0.39, 0.29) is 11.9 Å². The van der Waals surface area contributed by atoms with Gasteiger partial charge in [-0.2, -0.15) is 0 Å². The molecule has 1 atom stereocenters. The van der Waals surface area contributed by atoms with Crippen molar-refractivity contribution in [2.24, 2.45) is 5.84 Å². The largest absolute Gasteiger partial charge is 0.271 e. The van der Waals surface area contributed by atoms with Crippen molar-refractivity contribution in [3.8, 4) is 0 Å². The molecular formula is C16H19FN2. The number of hydrazine groups is 1. The molecule has 100 valence electrons. The Morgan fingerprint density at radius 1 is 0.947 bits per heavy atom. The van der Waals surface area contributed by atoms with Crippen molar-refractivity contribution in [1.82, 2.24) is 5.43 Å². The minimum Gasteiger partial charge on any atom is -0.271 e. The Morgan fingerprint density at radius 3 is 2.26 bits per heavy atom. The molecule has 0 spiro atoms. The molecule has 2 aromatic carbocycles. The first kappa shape index (κ1) is 13.7. The summed E-state index contributed by atoms with van der Waals surface area (Å²) in [6.07, 6.45) is 0. The summed E-state index contributed by atoms with van der Waals surface area (Å²) in [6, 6.07) is 10.9. The molecule has 0 aromatic heterocycles. The second-order valence-corrected chi connectivity index (χ2v) is 5.01. The molecule has 1 unspecified atom stereocenters. The summed E-state index contributed by atoms with van der Waals surface area (Å²) in [7, 11) is 0. The minimum absolute atomic E-state index is 0.200. The monoisotopic (exact) mass is 258 g/mol. The number of nitrogens with one attached hydrogen (secondary N) is 1. The lowest BCUT2D eigenvalue weighted by Crippen LogP contribution is -2.29. The van der Waals surface area contributed by atoms with Crippen LogP contribution in [-0.4, -0.2) is 0 Å². The normalized spacial score (nSPS) is 12.5. The second-order valence-electron chi connectivity index (χ2n) is 5.01. The van der Waals surface area contributed by atoms with E-state index in [1.807, 2.05) is 19.1 Å². The van der Waals surface area contributed by atoms with Crippen LogP contribution in [0.1, 0.15) is 33.9 Å². The molecule has 0 saturated carbocycles. The van der Waals surface area contributed by atoms with Gasteiger partial charge in [0, 0.05) is 0 Å². The first-order valence-electron chi connectivity index (χ1n) is 6.31. The molecule has 0 heterocycles. The Labute approximate surface area is 113 Å². The van der Waals surface area contributed by atoms with Crippen molar-refractivity contribution in [2.75, 3.05) is 0 Å². The molecule has 19 heavy (non-hydrogen) atoms. The molecule has 2 aromatic rings. The molecule has 2 rings (SSSR count). The predicted molar refractivity (Wildman–Crippen MR) is 76.2 cm³/mol. The topological polar surface area (TPSA) is 38.0 Å². The van der Waals surface area contributed by atoms with Crippen molar-refractivity contribution in [1.29, 1.82) is 0 Å². The summed E-state index contributed by atoms with van der Waals surface area (Å²) in [4.78, 5) is 0. The maximum Gasteiger partial charge on any atom is 0.123 e. The highest BCUT2D eigenvalue weighted by Crippen LogP contribution is 2.24. The van der Waals surface area contributed by atoms with E-state index in [2.05, 4.69) is 31.4 Å². The zero-order valence-electron chi connectivity index (χ0n) is 11.5. The Morgan fingerprint density at radius 2 is 1.68 bits per heavy atom. The SMILES string of the molecule is Cc1cc(F)cc(C(NN)c2ccc(C)c(C)c2)c1. The van der Waals surface area contributed by atoms with E-state index in [0.717, 1.165) is 16.7 Å². The van der Waals surface area contributed by atoms with Crippen molar-refractivity contribution in [3.05, 3.63) is 70.0 Å². The van der Waals surface area contributed by atoms with E-state index < -0.39 is 0 Å². The summed E-state index contributed by atoms with van der Waals surface area (Å²) in [5, 5.41) is 0. The van der Waals surface area contributed by atoms with E-state index >= 15 is 0 Å². The highest BCUT2D eigenvalue weighted by Gasteiger charge is 2.14. The van der Waals surface area contributed by atoms with Crippen LogP contribution in [0, 0.1) is 26.6 Å². The summed E-state index contributed by atoms with van der Waals surface area (Å²) in [5.74, 6) is 5.42. The molecule has 0 fully saturated rings. The highest BCUT2D eigenvalue weighted by molar-refractivity contribution is 5.38. The van der Waals surface area contributed by atoms with Crippen LogP contribution in [0.25, 0.3) is 0 Å². The van der Waals surface area contributed by atoms with Crippen molar-refractivity contribution >= 4 is 0 Å². The molecule has 3 heteroatoms. The Kier molecular flexibility index (Phi) is 3.98. The molecular weight excluding hydrogens is 239 g/mol. The lowest BCUT2D eigenvalue weighted by atomic mass is 9.95. The smallest absolute Gasteiger partial charge is 0.123 e. The standard InChI is InChI=1S/C16H19FN2/c1-10-6-14(9-15(17)7-10)16(19-18)13-5-4-11(2)12(3)8-13/h4-9,16,19H,18H2,1-3H3. The van der Waals surface area contributed by atoms with Gasteiger partial charge in [-0.25, -0.2) is 9.82 Å².